The first-order valence-corrected chi connectivity index (χ1v) is 5.83. The fourth-order valence-corrected chi connectivity index (χ4v) is 1.95. The number of thiophene rings is 1. The average Bonchev–Trinajstić information content (AvgIpc) is 2.82. The molecule has 1 heterocycles. The van der Waals surface area contributed by atoms with Gasteiger partial charge < -0.3 is 15.6 Å². The summed E-state index contributed by atoms with van der Waals surface area (Å²) in [4.78, 5) is 12.6. The van der Waals surface area contributed by atoms with Crippen LogP contribution in [-0.2, 0) is 11.3 Å². The van der Waals surface area contributed by atoms with Crippen LogP contribution < -0.4 is 5.73 Å². The van der Waals surface area contributed by atoms with Crippen LogP contribution in [0, 0.1) is 0 Å². The first-order valence-electron chi connectivity index (χ1n) is 4.95. The predicted octanol–water partition coefficient (Wildman–Crippen LogP) is 2.39. The molecular formula is C12H11NO3S. The van der Waals surface area contributed by atoms with Gasteiger partial charge >= 0.3 is 5.97 Å². The first-order chi connectivity index (χ1) is 8.18. The maximum Gasteiger partial charge on any atom is 0.342 e. The quantitative estimate of drug-likeness (QED) is 0.497. The lowest BCUT2D eigenvalue weighted by Crippen LogP contribution is -2.05. The molecule has 0 atom stereocenters. The van der Waals surface area contributed by atoms with Crippen LogP contribution >= 0.6 is 11.3 Å². The van der Waals surface area contributed by atoms with Gasteiger partial charge in [0.2, 0.25) is 0 Å². The summed E-state index contributed by atoms with van der Waals surface area (Å²) >= 11 is 1.50. The summed E-state index contributed by atoms with van der Waals surface area (Å²) in [5.41, 5.74) is 5.74. The molecule has 2 aromatic rings. The van der Waals surface area contributed by atoms with E-state index in [1.807, 2.05) is 17.5 Å². The summed E-state index contributed by atoms with van der Waals surface area (Å²) < 4.78 is 5.06. The second-order valence-electron chi connectivity index (χ2n) is 3.40. The Bertz CT molecular complexity index is 523. The van der Waals surface area contributed by atoms with E-state index in [0.717, 1.165) is 4.88 Å². The van der Waals surface area contributed by atoms with Crippen LogP contribution in [0.15, 0.2) is 35.7 Å². The van der Waals surface area contributed by atoms with Gasteiger partial charge in [-0.1, -0.05) is 12.1 Å². The van der Waals surface area contributed by atoms with E-state index in [2.05, 4.69) is 0 Å². The Labute approximate surface area is 102 Å². The van der Waals surface area contributed by atoms with Gasteiger partial charge in [-0.2, -0.15) is 0 Å². The molecule has 4 nitrogen and oxygen atoms in total. The standard InChI is InChI=1S/C12H11NO3S/c13-10-5-1-4-9(11(10)14)12(15)16-7-8-3-2-6-17-8/h1-6,14H,7,13H2. The minimum absolute atomic E-state index is 0.0848. The summed E-state index contributed by atoms with van der Waals surface area (Å²) in [6, 6.07) is 8.34. The Morgan fingerprint density at radius 1 is 1.35 bits per heavy atom. The number of hydrogen-bond acceptors (Lipinski definition) is 5. The van der Waals surface area contributed by atoms with Crippen molar-refractivity contribution < 1.29 is 14.6 Å². The maximum absolute atomic E-state index is 11.7. The molecule has 0 unspecified atom stereocenters. The number of phenols is 1. The molecule has 3 N–H and O–H groups in total. The average molecular weight is 249 g/mol. The van der Waals surface area contributed by atoms with Crippen LogP contribution in [0.2, 0.25) is 0 Å². The van der Waals surface area contributed by atoms with E-state index in [-0.39, 0.29) is 23.6 Å². The van der Waals surface area contributed by atoms with Crippen LogP contribution in [-0.4, -0.2) is 11.1 Å². The van der Waals surface area contributed by atoms with Gasteiger partial charge in [-0.05, 0) is 23.6 Å². The molecule has 0 aliphatic rings. The summed E-state index contributed by atoms with van der Waals surface area (Å²) in [6.45, 7) is 0.199. The smallest absolute Gasteiger partial charge is 0.342 e. The Morgan fingerprint density at radius 2 is 2.18 bits per heavy atom. The molecule has 0 amide bonds. The fourth-order valence-electron chi connectivity index (χ4n) is 1.34. The summed E-state index contributed by atoms with van der Waals surface area (Å²) in [5.74, 6) is -0.813. The number of rotatable bonds is 3. The van der Waals surface area contributed by atoms with Crippen LogP contribution in [0.4, 0.5) is 5.69 Å². The number of nitrogen functional groups attached to an aromatic ring is 1. The minimum atomic E-state index is -0.580. The van der Waals surface area contributed by atoms with E-state index in [4.69, 9.17) is 10.5 Å². The second kappa shape index (κ2) is 4.88. The maximum atomic E-state index is 11.7. The molecule has 0 fully saturated rings. The number of para-hydroxylation sites is 1. The fraction of sp³-hybridized carbons (Fsp3) is 0.0833. The number of carbonyl (C=O) groups is 1. The zero-order valence-corrected chi connectivity index (χ0v) is 9.74. The van der Waals surface area contributed by atoms with Gasteiger partial charge in [-0.25, -0.2) is 4.79 Å². The van der Waals surface area contributed by atoms with Crippen molar-refractivity contribution in [1.82, 2.24) is 0 Å². The molecule has 2 rings (SSSR count). The Morgan fingerprint density at radius 3 is 2.88 bits per heavy atom. The van der Waals surface area contributed by atoms with Gasteiger partial charge in [0.1, 0.15) is 12.2 Å². The van der Waals surface area contributed by atoms with Crippen molar-refractivity contribution in [3.05, 3.63) is 46.2 Å². The largest absolute Gasteiger partial charge is 0.505 e. The third kappa shape index (κ3) is 2.57. The number of hydrogen-bond donors (Lipinski definition) is 2. The van der Waals surface area contributed by atoms with E-state index >= 15 is 0 Å². The highest BCUT2D eigenvalue weighted by Gasteiger charge is 2.14. The molecule has 1 aromatic heterocycles. The molecule has 88 valence electrons. The SMILES string of the molecule is Nc1cccc(C(=O)OCc2cccs2)c1O. The minimum Gasteiger partial charge on any atom is -0.505 e. The number of nitrogens with two attached hydrogens (primary N) is 1. The molecule has 0 aliphatic heterocycles. The molecule has 0 spiro atoms. The second-order valence-corrected chi connectivity index (χ2v) is 4.43. The van der Waals surface area contributed by atoms with E-state index in [1.54, 1.807) is 6.07 Å². The lowest BCUT2D eigenvalue weighted by atomic mass is 10.2. The van der Waals surface area contributed by atoms with E-state index < -0.39 is 5.97 Å². The number of carbonyl (C=O) groups excluding carboxylic acids is 1. The molecule has 1 aromatic carbocycles. The highest BCUT2D eigenvalue weighted by molar-refractivity contribution is 7.09. The summed E-state index contributed by atoms with van der Waals surface area (Å²) in [7, 11) is 0. The number of aromatic hydroxyl groups is 1. The number of benzene rings is 1. The zero-order chi connectivity index (χ0) is 12.3. The van der Waals surface area contributed by atoms with Crippen molar-refractivity contribution >= 4 is 23.0 Å². The van der Waals surface area contributed by atoms with Gasteiger partial charge in [0, 0.05) is 4.88 Å². The third-order valence-corrected chi connectivity index (χ3v) is 3.06. The summed E-state index contributed by atoms with van der Waals surface area (Å²) in [6.07, 6.45) is 0. The Hall–Kier alpha value is -2.01. The van der Waals surface area contributed by atoms with Gasteiger partial charge in [-0.15, -0.1) is 11.3 Å². The monoisotopic (exact) mass is 249 g/mol. The van der Waals surface area contributed by atoms with Crippen molar-refractivity contribution in [2.75, 3.05) is 5.73 Å². The van der Waals surface area contributed by atoms with Crippen molar-refractivity contribution in [2.24, 2.45) is 0 Å². The molecule has 0 radical (unpaired) electrons. The van der Waals surface area contributed by atoms with Crippen molar-refractivity contribution in [3.63, 3.8) is 0 Å². The first kappa shape index (κ1) is 11.5. The van der Waals surface area contributed by atoms with E-state index in [9.17, 15) is 9.90 Å². The highest BCUT2D eigenvalue weighted by atomic mass is 32.1. The van der Waals surface area contributed by atoms with Crippen molar-refractivity contribution in [1.29, 1.82) is 0 Å². The molecular weight excluding hydrogens is 238 g/mol. The van der Waals surface area contributed by atoms with E-state index in [0.29, 0.717) is 0 Å². The Kier molecular flexibility index (Phi) is 3.30. The van der Waals surface area contributed by atoms with Gasteiger partial charge in [0.25, 0.3) is 0 Å². The summed E-state index contributed by atoms with van der Waals surface area (Å²) in [5, 5.41) is 11.5. The van der Waals surface area contributed by atoms with Crippen LogP contribution in [0.3, 0.4) is 0 Å². The van der Waals surface area contributed by atoms with Crippen LogP contribution in [0.25, 0.3) is 0 Å². The number of anilines is 1. The third-order valence-electron chi connectivity index (χ3n) is 2.21. The number of esters is 1. The van der Waals surface area contributed by atoms with Gasteiger partial charge in [0.15, 0.2) is 5.75 Å². The topological polar surface area (TPSA) is 72.6 Å². The van der Waals surface area contributed by atoms with Crippen molar-refractivity contribution in [2.45, 2.75) is 6.61 Å². The zero-order valence-electron chi connectivity index (χ0n) is 8.92. The number of ether oxygens (including phenoxy) is 1. The number of phenolic OH excluding ortho intramolecular Hbond substituents is 1. The van der Waals surface area contributed by atoms with E-state index in [1.165, 1.54) is 23.5 Å². The molecule has 5 heteroatoms. The van der Waals surface area contributed by atoms with Gasteiger partial charge in [-0.3, -0.25) is 0 Å². The molecule has 17 heavy (non-hydrogen) atoms. The highest BCUT2D eigenvalue weighted by Crippen LogP contribution is 2.25. The normalized spacial score (nSPS) is 10.1. The Balaban J connectivity index is 2.07. The van der Waals surface area contributed by atoms with Crippen LogP contribution in [0.5, 0.6) is 5.75 Å². The van der Waals surface area contributed by atoms with Crippen molar-refractivity contribution in [3.8, 4) is 5.75 Å². The molecule has 0 saturated heterocycles. The molecule has 0 saturated carbocycles. The predicted molar refractivity (Wildman–Crippen MR) is 66.0 cm³/mol. The van der Waals surface area contributed by atoms with Crippen LogP contribution in [0.1, 0.15) is 15.2 Å². The van der Waals surface area contributed by atoms with Gasteiger partial charge in [0.05, 0.1) is 5.69 Å². The lowest BCUT2D eigenvalue weighted by molar-refractivity contribution is 0.0473. The molecule has 0 bridgehead atoms. The molecule has 0 aliphatic carbocycles. The lowest BCUT2D eigenvalue weighted by Gasteiger charge is -2.06.